The highest BCUT2D eigenvalue weighted by molar-refractivity contribution is 6.35. The Hall–Kier alpha value is -3.71. The Labute approximate surface area is 233 Å². The summed E-state index contributed by atoms with van der Waals surface area (Å²) in [6.07, 6.45) is -4.71. The first-order valence-electron chi connectivity index (χ1n) is 12.4. The highest BCUT2D eigenvalue weighted by Crippen LogP contribution is 2.42. The van der Waals surface area contributed by atoms with Crippen LogP contribution in [0.25, 0.3) is 11.3 Å². The number of carbonyl (C=O) groups excluding carboxylic acids is 1. The van der Waals surface area contributed by atoms with E-state index in [2.05, 4.69) is 15.4 Å². The van der Waals surface area contributed by atoms with Crippen molar-refractivity contribution in [2.24, 2.45) is 7.05 Å². The molecule has 1 aliphatic rings. The van der Waals surface area contributed by atoms with E-state index in [1.165, 1.54) is 29.9 Å². The molecule has 0 aliphatic carbocycles. The quantitative estimate of drug-likeness (QED) is 0.320. The van der Waals surface area contributed by atoms with Gasteiger partial charge in [-0.25, -0.2) is 4.98 Å². The molecule has 14 heteroatoms. The first-order chi connectivity index (χ1) is 18.6. The zero-order chi connectivity index (χ0) is 29.6. The zero-order valence-corrected chi connectivity index (χ0v) is 23.4. The molecule has 0 spiro atoms. The Morgan fingerprint density at radius 3 is 2.27 bits per heavy atom. The van der Waals surface area contributed by atoms with Gasteiger partial charge in [0, 0.05) is 44.2 Å². The average molecular weight is 580 g/mol. The molecule has 0 unspecified atom stereocenters. The minimum atomic E-state index is -4.71. The molecule has 0 radical (unpaired) electrons. The van der Waals surface area contributed by atoms with Gasteiger partial charge in [0.15, 0.2) is 0 Å². The molecule has 1 fully saturated rings. The summed E-state index contributed by atoms with van der Waals surface area (Å²) < 4.78 is 43.0. The Morgan fingerprint density at radius 1 is 1.10 bits per heavy atom. The number of halogens is 4. The van der Waals surface area contributed by atoms with Gasteiger partial charge in [0.05, 0.1) is 26.9 Å². The third kappa shape index (κ3) is 5.75. The van der Waals surface area contributed by atoms with E-state index in [1.807, 2.05) is 32.7 Å². The Bertz CT molecular complexity index is 1460. The molecule has 0 atom stereocenters. The van der Waals surface area contributed by atoms with Gasteiger partial charge in [-0.1, -0.05) is 50.6 Å². The van der Waals surface area contributed by atoms with Crippen LogP contribution in [0.15, 0.2) is 30.3 Å². The van der Waals surface area contributed by atoms with Gasteiger partial charge in [-0.2, -0.15) is 18.3 Å². The van der Waals surface area contributed by atoms with E-state index in [-0.39, 0.29) is 33.5 Å². The zero-order valence-electron chi connectivity index (χ0n) is 22.6. The maximum Gasteiger partial charge on any atom is 0.417 e. The second-order valence-electron chi connectivity index (χ2n) is 10.7. The molecule has 10 nitrogen and oxygen atoms in total. The van der Waals surface area contributed by atoms with Crippen LogP contribution in [0.3, 0.4) is 0 Å². The summed E-state index contributed by atoms with van der Waals surface area (Å²) in [5, 5.41) is 19.3. The fraction of sp³-hybridized carbons (Fsp3) is 0.423. The number of alkyl halides is 3. The molecule has 3 heterocycles. The van der Waals surface area contributed by atoms with Crippen molar-refractivity contribution in [2.75, 3.05) is 43.4 Å². The summed E-state index contributed by atoms with van der Waals surface area (Å²) in [6, 6.07) is 5.92. The number of amides is 1. The summed E-state index contributed by atoms with van der Waals surface area (Å²) in [5.41, 5.74) is -2.33. The molecule has 1 amide bonds. The summed E-state index contributed by atoms with van der Waals surface area (Å²) in [6.45, 7) is 7.42. The van der Waals surface area contributed by atoms with Crippen LogP contribution in [-0.4, -0.2) is 63.7 Å². The van der Waals surface area contributed by atoms with Gasteiger partial charge < -0.3 is 15.1 Å². The fourth-order valence-electron chi connectivity index (χ4n) is 4.54. The number of nitrogens with zero attached hydrogens (tertiary/aromatic N) is 6. The molecular formula is C26H29ClF3N7O3. The standard InChI is InChI=1S/C26H29ClF3N7O3/c1-25(2,3)22-19(27)21(35(5)33-22)24(38)32-18-14-17(15-8-6-7-9-16(15)26(28,29)30)31-23(20(18)37(39)40)36-12-10-34(4)11-13-36/h6-9,14H,10-13H2,1-5H3,(H,31,32,38). The third-order valence-electron chi connectivity index (χ3n) is 6.63. The SMILES string of the molecule is CN1CCN(c2nc(-c3ccccc3C(F)(F)F)cc(NC(=O)c3c(Cl)c(C(C)(C)C)nn3C)c2[N+](=O)[O-])CC1. The predicted octanol–water partition coefficient (Wildman–Crippen LogP) is 5.36. The van der Waals surface area contributed by atoms with E-state index in [1.54, 1.807) is 4.90 Å². The summed E-state index contributed by atoms with van der Waals surface area (Å²) in [4.78, 5) is 33.2. The number of rotatable bonds is 5. The largest absolute Gasteiger partial charge is 0.417 e. The minimum Gasteiger partial charge on any atom is -0.348 e. The summed E-state index contributed by atoms with van der Waals surface area (Å²) in [5.74, 6) is -0.932. The molecule has 2 aromatic heterocycles. The van der Waals surface area contributed by atoms with Gasteiger partial charge in [-0.3, -0.25) is 19.6 Å². The molecule has 0 bridgehead atoms. The monoisotopic (exact) mass is 579 g/mol. The predicted molar refractivity (Wildman–Crippen MR) is 146 cm³/mol. The molecule has 1 aliphatic heterocycles. The number of hydrogen-bond donors (Lipinski definition) is 1. The van der Waals surface area contributed by atoms with E-state index < -0.39 is 33.7 Å². The molecule has 214 valence electrons. The van der Waals surface area contributed by atoms with E-state index in [0.717, 1.165) is 12.1 Å². The maximum absolute atomic E-state index is 13.9. The lowest BCUT2D eigenvalue weighted by molar-refractivity contribution is -0.383. The lowest BCUT2D eigenvalue weighted by Gasteiger charge is -2.33. The van der Waals surface area contributed by atoms with Crippen LogP contribution in [0.5, 0.6) is 0 Å². The van der Waals surface area contributed by atoms with E-state index in [0.29, 0.717) is 31.9 Å². The van der Waals surface area contributed by atoms with Crippen LogP contribution >= 0.6 is 11.6 Å². The van der Waals surface area contributed by atoms with Gasteiger partial charge in [0.2, 0.25) is 5.82 Å². The van der Waals surface area contributed by atoms with Crippen LogP contribution in [0.4, 0.5) is 30.4 Å². The number of anilines is 2. The molecular weight excluding hydrogens is 551 g/mol. The summed E-state index contributed by atoms with van der Waals surface area (Å²) in [7, 11) is 3.40. The lowest BCUT2D eigenvalue weighted by atomic mass is 9.92. The lowest BCUT2D eigenvalue weighted by Crippen LogP contribution is -2.45. The molecule has 40 heavy (non-hydrogen) atoms. The van der Waals surface area contributed by atoms with Crippen molar-refractivity contribution in [3.8, 4) is 11.3 Å². The van der Waals surface area contributed by atoms with Gasteiger partial charge in [0.1, 0.15) is 11.4 Å². The molecule has 1 N–H and O–H groups in total. The van der Waals surface area contributed by atoms with Crippen LogP contribution < -0.4 is 10.2 Å². The number of aromatic nitrogens is 3. The number of aryl methyl sites for hydroxylation is 1. The van der Waals surface area contributed by atoms with Crippen molar-refractivity contribution < 1.29 is 22.9 Å². The Morgan fingerprint density at radius 2 is 1.73 bits per heavy atom. The van der Waals surface area contributed by atoms with Crippen LogP contribution in [-0.2, 0) is 18.6 Å². The molecule has 1 saturated heterocycles. The summed E-state index contributed by atoms with van der Waals surface area (Å²) >= 11 is 6.51. The van der Waals surface area contributed by atoms with Gasteiger partial charge in [0.25, 0.3) is 5.91 Å². The number of pyridine rings is 1. The second kappa shape index (κ2) is 10.7. The van der Waals surface area contributed by atoms with E-state index >= 15 is 0 Å². The minimum absolute atomic E-state index is 0.0453. The molecule has 4 rings (SSSR count). The average Bonchev–Trinajstić information content (AvgIpc) is 3.17. The van der Waals surface area contributed by atoms with Gasteiger partial charge in [-0.05, 0) is 19.2 Å². The number of nitrogens with one attached hydrogen (secondary N) is 1. The number of piperazine rings is 1. The molecule has 1 aromatic carbocycles. The van der Waals surface area contributed by atoms with Gasteiger partial charge >= 0.3 is 11.9 Å². The highest BCUT2D eigenvalue weighted by atomic mass is 35.5. The second-order valence-corrected chi connectivity index (χ2v) is 11.0. The Balaban J connectivity index is 1.91. The van der Waals surface area contributed by atoms with E-state index in [9.17, 15) is 28.1 Å². The number of likely N-dealkylation sites (N-methyl/N-ethyl adjacent to an activating group) is 1. The number of nitro groups is 1. The van der Waals surface area contributed by atoms with Crippen LogP contribution in [0, 0.1) is 10.1 Å². The fourth-order valence-corrected chi connectivity index (χ4v) is 5.07. The highest BCUT2D eigenvalue weighted by Gasteiger charge is 2.36. The number of carbonyl (C=O) groups is 1. The van der Waals surface area contributed by atoms with Crippen LogP contribution in [0.1, 0.15) is 42.5 Å². The van der Waals surface area contributed by atoms with Crippen molar-refractivity contribution >= 4 is 34.7 Å². The van der Waals surface area contributed by atoms with Crippen molar-refractivity contribution in [3.63, 3.8) is 0 Å². The van der Waals surface area contributed by atoms with Crippen molar-refractivity contribution in [3.05, 3.63) is 62.4 Å². The van der Waals surface area contributed by atoms with Gasteiger partial charge in [-0.15, -0.1) is 0 Å². The number of benzene rings is 1. The first-order valence-corrected chi connectivity index (χ1v) is 12.8. The van der Waals surface area contributed by atoms with Crippen molar-refractivity contribution in [1.29, 1.82) is 0 Å². The topological polar surface area (TPSA) is 109 Å². The molecule has 3 aromatic rings. The van der Waals surface area contributed by atoms with E-state index in [4.69, 9.17) is 11.6 Å². The van der Waals surface area contributed by atoms with Crippen molar-refractivity contribution in [1.82, 2.24) is 19.7 Å². The normalized spacial score (nSPS) is 14.9. The van der Waals surface area contributed by atoms with Crippen molar-refractivity contribution in [2.45, 2.75) is 32.4 Å². The third-order valence-corrected chi connectivity index (χ3v) is 6.99. The van der Waals surface area contributed by atoms with Crippen LogP contribution in [0.2, 0.25) is 5.02 Å². The first kappa shape index (κ1) is 29.3. The molecule has 0 saturated carbocycles. The Kier molecular flexibility index (Phi) is 7.83. The number of hydrogen-bond acceptors (Lipinski definition) is 7. The maximum atomic E-state index is 13.9. The smallest absolute Gasteiger partial charge is 0.348 e.